The smallest absolute Gasteiger partial charge is 0.258 e. The Hall–Kier alpha value is -2.57. The number of hydrogen-bond donors (Lipinski definition) is 2. The highest BCUT2D eigenvalue weighted by atomic mass is 19.2. The Morgan fingerprint density at radius 3 is 2.48 bits per heavy atom. The van der Waals surface area contributed by atoms with Crippen molar-refractivity contribution < 1.29 is 18.0 Å². The van der Waals surface area contributed by atoms with Crippen molar-refractivity contribution in [2.75, 3.05) is 17.2 Å². The number of benzene rings is 1. The highest BCUT2D eigenvalue weighted by Gasteiger charge is 2.18. The van der Waals surface area contributed by atoms with Crippen LogP contribution in [0.15, 0.2) is 30.5 Å². The molecular formula is C16H16F3N3O. The number of carbonyl (C=O) groups is 1. The Bertz CT molecular complexity index is 702. The van der Waals surface area contributed by atoms with Gasteiger partial charge in [-0.1, -0.05) is 13.8 Å². The largest absolute Gasteiger partial charge is 0.370 e. The monoisotopic (exact) mass is 323 g/mol. The second kappa shape index (κ2) is 7.13. The molecule has 1 amide bonds. The molecule has 2 N–H and O–H groups in total. The Morgan fingerprint density at radius 1 is 1.13 bits per heavy atom. The summed E-state index contributed by atoms with van der Waals surface area (Å²) in [6, 6.07) is 4.81. The van der Waals surface area contributed by atoms with E-state index in [9.17, 15) is 18.0 Å². The van der Waals surface area contributed by atoms with Crippen LogP contribution in [-0.4, -0.2) is 17.4 Å². The van der Waals surface area contributed by atoms with E-state index in [4.69, 9.17) is 0 Å². The van der Waals surface area contributed by atoms with Crippen LogP contribution in [0, 0.1) is 23.4 Å². The summed E-state index contributed by atoms with van der Waals surface area (Å²) in [4.78, 5) is 16.0. The molecule has 4 nitrogen and oxygen atoms in total. The molecule has 0 unspecified atom stereocenters. The number of anilines is 2. The van der Waals surface area contributed by atoms with Crippen molar-refractivity contribution in [2.45, 2.75) is 13.8 Å². The van der Waals surface area contributed by atoms with Gasteiger partial charge in [-0.25, -0.2) is 18.2 Å². The molecule has 23 heavy (non-hydrogen) atoms. The van der Waals surface area contributed by atoms with E-state index in [1.165, 1.54) is 6.20 Å². The van der Waals surface area contributed by atoms with Gasteiger partial charge < -0.3 is 10.6 Å². The van der Waals surface area contributed by atoms with E-state index in [0.717, 1.165) is 12.6 Å². The van der Waals surface area contributed by atoms with Crippen LogP contribution in [0.5, 0.6) is 0 Å². The lowest BCUT2D eigenvalue weighted by atomic mass is 10.2. The molecule has 0 saturated heterocycles. The van der Waals surface area contributed by atoms with Gasteiger partial charge in [0.15, 0.2) is 17.5 Å². The maximum atomic E-state index is 13.6. The number of nitrogens with one attached hydrogen (secondary N) is 2. The molecule has 0 saturated carbocycles. The van der Waals surface area contributed by atoms with Gasteiger partial charge in [0.1, 0.15) is 5.82 Å². The van der Waals surface area contributed by atoms with E-state index in [0.29, 0.717) is 23.5 Å². The second-order valence-electron chi connectivity index (χ2n) is 5.38. The number of nitrogens with zero attached hydrogens (tertiary/aromatic N) is 1. The highest BCUT2D eigenvalue weighted by molar-refractivity contribution is 6.04. The average molecular weight is 323 g/mol. The van der Waals surface area contributed by atoms with Gasteiger partial charge >= 0.3 is 0 Å². The molecule has 1 aromatic heterocycles. The fourth-order valence-corrected chi connectivity index (χ4v) is 1.78. The molecule has 1 heterocycles. The molecule has 0 atom stereocenters. The SMILES string of the molecule is CC(C)CNc1ccc(NC(=O)c2ccc(F)c(F)c2F)cn1. The normalized spacial score (nSPS) is 10.7. The molecule has 122 valence electrons. The Kier molecular flexibility index (Phi) is 5.20. The third-order valence-electron chi connectivity index (χ3n) is 2.99. The number of carbonyl (C=O) groups excluding carboxylic acids is 1. The van der Waals surface area contributed by atoms with Crippen LogP contribution >= 0.6 is 0 Å². The summed E-state index contributed by atoms with van der Waals surface area (Å²) in [7, 11) is 0. The van der Waals surface area contributed by atoms with Gasteiger partial charge in [-0.2, -0.15) is 0 Å². The number of rotatable bonds is 5. The van der Waals surface area contributed by atoms with Gasteiger partial charge in [0, 0.05) is 6.54 Å². The first-order chi connectivity index (χ1) is 10.9. The molecule has 7 heteroatoms. The number of pyridine rings is 1. The summed E-state index contributed by atoms with van der Waals surface area (Å²) in [6.45, 7) is 4.86. The minimum Gasteiger partial charge on any atom is -0.370 e. The van der Waals surface area contributed by atoms with Crippen molar-refractivity contribution in [2.24, 2.45) is 5.92 Å². The van der Waals surface area contributed by atoms with E-state index >= 15 is 0 Å². The molecule has 0 spiro atoms. The Labute approximate surface area is 131 Å². The van der Waals surface area contributed by atoms with Gasteiger partial charge in [-0.15, -0.1) is 0 Å². The van der Waals surface area contributed by atoms with Crippen molar-refractivity contribution in [1.82, 2.24) is 4.98 Å². The predicted octanol–water partition coefficient (Wildman–Crippen LogP) is 3.82. The van der Waals surface area contributed by atoms with Crippen LogP contribution in [0.2, 0.25) is 0 Å². The van der Waals surface area contributed by atoms with Crippen molar-refractivity contribution in [3.8, 4) is 0 Å². The van der Waals surface area contributed by atoms with Crippen LogP contribution in [0.1, 0.15) is 24.2 Å². The van der Waals surface area contributed by atoms with Crippen LogP contribution in [0.25, 0.3) is 0 Å². The molecule has 2 rings (SSSR count). The fourth-order valence-electron chi connectivity index (χ4n) is 1.78. The fraction of sp³-hybridized carbons (Fsp3) is 0.250. The zero-order chi connectivity index (χ0) is 17.0. The van der Waals surface area contributed by atoms with Crippen molar-refractivity contribution in [3.05, 3.63) is 53.5 Å². The van der Waals surface area contributed by atoms with E-state index in [-0.39, 0.29) is 0 Å². The van der Waals surface area contributed by atoms with E-state index in [1.807, 2.05) is 0 Å². The van der Waals surface area contributed by atoms with Crippen LogP contribution in [0.4, 0.5) is 24.7 Å². The maximum absolute atomic E-state index is 13.6. The summed E-state index contributed by atoms with van der Waals surface area (Å²) >= 11 is 0. The van der Waals surface area contributed by atoms with Crippen LogP contribution < -0.4 is 10.6 Å². The zero-order valence-electron chi connectivity index (χ0n) is 12.7. The van der Waals surface area contributed by atoms with E-state index in [2.05, 4.69) is 29.5 Å². The lowest BCUT2D eigenvalue weighted by molar-refractivity contribution is 0.102. The lowest BCUT2D eigenvalue weighted by Crippen LogP contribution is -2.15. The second-order valence-corrected chi connectivity index (χ2v) is 5.38. The molecule has 1 aromatic carbocycles. The minimum atomic E-state index is -1.68. The summed E-state index contributed by atoms with van der Waals surface area (Å²) in [5.74, 6) is -4.34. The predicted molar refractivity (Wildman–Crippen MR) is 81.8 cm³/mol. The summed E-state index contributed by atoms with van der Waals surface area (Å²) in [5, 5.41) is 5.48. The standard InChI is InChI=1S/C16H16F3N3O/c1-9(2)7-20-13-6-3-10(8-21-13)22-16(23)11-4-5-12(17)15(19)14(11)18/h3-6,8-9H,7H2,1-2H3,(H,20,21)(H,22,23). The highest BCUT2D eigenvalue weighted by Crippen LogP contribution is 2.17. The first-order valence-electron chi connectivity index (χ1n) is 7.03. The topological polar surface area (TPSA) is 54.0 Å². The van der Waals surface area contributed by atoms with Gasteiger partial charge in [0.05, 0.1) is 17.4 Å². The van der Waals surface area contributed by atoms with Gasteiger partial charge in [0.25, 0.3) is 5.91 Å². The third-order valence-corrected chi connectivity index (χ3v) is 2.99. The van der Waals surface area contributed by atoms with Gasteiger partial charge in [0.2, 0.25) is 0 Å². The molecule has 0 radical (unpaired) electrons. The van der Waals surface area contributed by atoms with Crippen molar-refractivity contribution >= 4 is 17.4 Å². The quantitative estimate of drug-likeness (QED) is 0.823. The number of hydrogen-bond acceptors (Lipinski definition) is 3. The maximum Gasteiger partial charge on any atom is 0.258 e. The zero-order valence-corrected chi connectivity index (χ0v) is 12.7. The number of halogens is 3. The first kappa shape index (κ1) is 16.8. The summed E-state index contributed by atoms with van der Waals surface area (Å²) in [6.07, 6.45) is 1.39. The van der Waals surface area contributed by atoms with Crippen molar-refractivity contribution in [3.63, 3.8) is 0 Å². The summed E-state index contributed by atoms with van der Waals surface area (Å²) < 4.78 is 39.6. The molecule has 0 fully saturated rings. The van der Waals surface area contributed by atoms with Gasteiger partial charge in [-0.05, 0) is 30.2 Å². The number of amides is 1. The van der Waals surface area contributed by atoms with Crippen molar-refractivity contribution in [1.29, 1.82) is 0 Å². The number of aromatic nitrogens is 1. The Morgan fingerprint density at radius 2 is 1.87 bits per heavy atom. The van der Waals surface area contributed by atoms with E-state index in [1.54, 1.807) is 12.1 Å². The minimum absolute atomic E-state index is 0.314. The molecule has 0 aliphatic carbocycles. The Balaban J connectivity index is 2.07. The first-order valence-corrected chi connectivity index (χ1v) is 7.03. The molecule has 0 aliphatic rings. The molecule has 2 aromatic rings. The van der Waals surface area contributed by atoms with Crippen LogP contribution in [-0.2, 0) is 0 Å². The molecule has 0 aliphatic heterocycles. The molecular weight excluding hydrogens is 307 g/mol. The van der Waals surface area contributed by atoms with Gasteiger partial charge in [-0.3, -0.25) is 4.79 Å². The lowest BCUT2D eigenvalue weighted by Gasteiger charge is -2.10. The van der Waals surface area contributed by atoms with Crippen LogP contribution in [0.3, 0.4) is 0 Å². The molecule has 0 bridgehead atoms. The van der Waals surface area contributed by atoms with E-state index < -0.39 is 28.9 Å². The average Bonchev–Trinajstić information content (AvgIpc) is 2.52. The summed E-state index contributed by atoms with van der Waals surface area (Å²) in [5.41, 5.74) is -0.264. The third kappa shape index (κ3) is 4.21.